The zero-order valence-corrected chi connectivity index (χ0v) is 13.7. The Labute approximate surface area is 136 Å². The van der Waals surface area contributed by atoms with Crippen molar-refractivity contribution in [1.82, 2.24) is 24.8 Å². The summed E-state index contributed by atoms with van der Waals surface area (Å²) >= 11 is 0. The highest BCUT2D eigenvalue weighted by Crippen LogP contribution is 2.15. The van der Waals surface area contributed by atoms with Crippen molar-refractivity contribution in [3.05, 3.63) is 42.1 Å². The fourth-order valence-corrected chi connectivity index (χ4v) is 2.99. The molecular formula is C17H23N5O. The van der Waals surface area contributed by atoms with Crippen LogP contribution in [0, 0.1) is 12.8 Å². The quantitative estimate of drug-likeness (QED) is 0.947. The average Bonchev–Trinajstić information content (AvgIpc) is 2.99. The molecule has 6 heteroatoms. The molecule has 0 saturated carbocycles. The van der Waals surface area contributed by atoms with E-state index >= 15 is 0 Å². The first-order chi connectivity index (χ1) is 11.1. The molecule has 0 unspecified atom stereocenters. The van der Waals surface area contributed by atoms with Gasteiger partial charge in [0.05, 0.1) is 0 Å². The Kier molecular flexibility index (Phi) is 4.60. The van der Waals surface area contributed by atoms with Crippen molar-refractivity contribution in [1.29, 1.82) is 0 Å². The summed E-state index contributed by atoms with van der Waals surface area (Å²) in [5.41, 5.74) is 1.03. The molecule has 1 aliphatic rings. The molecule has 0 radical (unpaired) electrons. The molecule has 1 N–H and O–H groups in total. The number of piperidine rings is 1. The van der Waals surface area contributed by atoms with Crippen LogP contribution in [0.4, 0.5) is 4.79 Å². The van der Waals surface area contributed by atoms with E-state index in [-0.39, 0.29) is 6.03 Å². The maximum atomic E-state index is 12.3. The Bertz CT molecular complexity index is 681. The second kappa shape index (κ2) is 6.81. The van der Waals surface area contributed by atoms with Gasteiger partial charge in [-0.05, 0) is 43.4 Å². The number of pyridine rings is 1. The Morgan fingerprint density at radius 3 is 3.00 bits per heavy atom. The molecule has 3 heterocycles. The van der Waals surface area contributed by atoms with Crippen molar-refractivity contribution in [3.8, 4) is 5.82 Å². The third-order valence-corrected chi connectivity index (χ3v) is 4.27. The van der Waals surface area contributed by atoms with Crippen LogP contribution in [0.15, 0.2) is 30.7 Å². The number of hydrogen-bond acceptors (Lipinski definition) is 3. The number of rotatable bonds is 3. The van der Waals surface area contributed by atoms with Gasteiger partial charge in [0.25, 0.3) is 0 Å². The highest BCUT2D eigenvalue weighted by atomic mass is 16.2. The number of imidazole rings is 1. The third kappa shape index (κ3) is 3.70. The number of urea groups is 1. The monoisotopic (exact) mass is 313 g/mol. The van der Waals surface area contributed by atoms with E-state index < -0.39 is 0 Å². The summed E-state index contributed by atoms with van der Waals surface area (Å²) in [6, 6.07) is 3.93. The van der Waals surface area contributed by atoms with Gasteiger partial charge in [-0.15, -0.1) is 0 Å². The van der Waals surface area contributed by atoms with Crippen LogP contribution < -0.4 is 5.32 Å². The SMILES string of the molecule is Cc1nccn1-c1cc(CNC(=O)N2CCC[C@H](C)C2)ccn1. The standard InChI is InChI=1S/C17H23N5O/c1-13-4-3-8-21(12-13)17(23)20-11-15-5-6-19-16(10-15)22-9-7-18-14(22)2/h5-7,9-10,13H,3-4,8,11-12H2,1-2H3,(H,20,23)/t13-/m0/s1. The van der Waals surface area contributed by atoms with Crippen molar-refractivity contribution in [2.45, 2.75) is 33.2 Å². The van der Waals surface area contributed by atoms with Gasteiger partial charge in [0.15, 0.2) is 0 Å². The van der Waals surface area contributed by atoms with Gasteiger partial charge in [0, 0.05) is 38.2 Å². The highest BCUT2D eigenvalue weighted by molar-refractivity contribution is 5.74. The highest BCUT2D eigenvalue weighted by Gasteiger charge is 2.20. The first-order valence-corrected chi connectivity index (χ1v) is 8.11. The number of likely N-dealkylation sites (tertiary alicyclic amines) is 1. The molecule has 23 heavy (non-hydrogen) atoms. The zero-order valence-electron chi connectivity index (χ0n) is 13.7. The van der Waals surface area contributed by atoms with Crippen molar-refractivity contribution < 1.29 is 4.79 Å². The fourth-order valence-electron chi connectivity index (χ4n) is 2.99. The van der Waals surface area contributed by atoms with Gasteiger partial charge in [-0.1, -0.05) is 6.92 Å². The van der Waals surface area contributed by atoms with Crippen molar-refractivity contribution in [3.63, 3.8) is 0 Å². The summed E-state index contributed by atoms with van der Waals surface area (Å²) in [7, 11) is 0. The number of carbonyl (C=O) groups is 1. The first kappa shape index (κ1) is 15.5. The molecule has 1 atom stereocenters. The third-order valence-electron chi connectivity index (χ3n) is 4.27. The summed E-state index contributed by atoms with van der Waals surface area (Å²) in [5, 5.41) is 3.01. The zero-order chi connectivity index (χ0) is 16.2. The van der Waals surface area contributed by atoms with E-state index in [1.807, 2.05) is 34.7 Å². The molecule has 2 aromatic rings. The Morgan fingerprint density at radius 1 is 1.39 bits per heavy atom. The van der Waals surface area contributed by atoms with Crippen LogP contribution in [0.3, 0.4) is 0 Å². The normalized spacial score (nSPS) is 18.0. The maximum Gasteiger partial charge on any atom is 0.317 e. The van der Waals surface area contributed by atoms with E-state index in [0.29, 0.717) is 12.5 Å². The molecule has 2 amide bonds. The molecule has 6 nitrogen and oxygen atoms in total. The van der Waals surface area contributed by atoms with Crippen molar-refractivity contribution in [2.24, 2.45) is 5.92 Å². The number of aryl methyl sites for hydroxylation is 1. The molecule has 1 saturated heterocycles. The predicted molar refractivity (Wildman–Crippen MR) is 88.3 cm³/mol. The van der Waals surface area contributed by atoms with Gasteiger partial charge < -0.3 is 10.2 Å². The van der Waals surface area contributed by atoms with Gasteiger partial charge in [-0.3, -0.25) is 4.57 Å². The summed E-state index contributed by atoms with van der Waals surface area (Å²) in [4.78, 5) is 22.8. The van der Waals surface area contributed by atoms with Gasteiger partial charge in [-0.2, -0.15) is 0 Å². The minimum atomic E-state index is 0.0220. The minimum Gasteiger partial charge on any atom is -0.334 e. The van der Waals surface area contributed by atoms with Crippen LogP contribution >= 0.6 is 0 Å². The van der Waals surface area contributed by atoms with E-state index in [0.717, 1.165) is 36.7 Å². The number of nitrogens with zero attached hydrogens (tertiary/aromatic N) is 4. The van der Waals surface area contributed by atoms with Crippen LogP contribution in [0.5, 0.6) is 0 Å². The number of amides is 2. The number of hydrogen-bond donors (Lipinski definition) is 1. The Hall–Kier alpha value is -2.37. The Balaban J connectivity index is 1.62. The van der Waals surface area contributed by atoms with E-state index in [9.17, 15) is 4.79 Å². The molecule has 1 aliphatic heterocycles. The second-order valence-corrected chi connectivity index (χ2v) is 6.22. The van der Waals surface area contributed by atoms with E-state index in [2.05, 4.69) is 22.2 Å². The smallest absolute Gasteiger partial charge is 0.317 e. The van der Waals surface area contributed by atoms with Gasteiger partial charge >= 0.3 is 6.03 Å². The molecular weight excluding hydrogens is 290 g/mol. The molecule has 2 aromatic heterocycles. The molecule has 0 spiro atoms. The molecule has 0 bridgehead atoms. The summed E-state index contributed by atoms with van der Waals surface area (Å²) in [6.45, 7) is 6.34. The second-order valence-electron chi connectivity index (χ2n) is 6.22. The number of aromatic nitrogens is 3. The lowest BCUT2D eigenvalue weighted by atomic mass is 10.0. The van der Waals surface area contributed by atoms with Crippen molar-refractivity contribution in [2.75, 3.05) is 13.1 Å². The molecule has 1 fully saturated rings. The predicted octanol–water partition coefficient (Wildman–Crippen LogP) is 2.52. The van der Waals surface area contributed by atoms with Crippen LogP contribution in [0.25, 0.3) is 5.82 Å². The number of nitrogens with one attached hydrogen (secondary N) is 1. The van der Waals surface area contributed by atoms with E-state index in [1.165, 1.54) is 6.42 Å². The summed E-state index contributed by atoms with van der Waals surface area (Å²) < 4.78 is 1.93. The van der Waals surface area contributed by atoms with E-state index in [4.69, 9.17) is 0 Å². The lowest BCUT2D eigenvalue weighted by Gasteiger charge is -2.30. The van der Waals surface area contributed by atoms with Crippen LogP contribution in [-0.2, 0) is 6.54 Å². The fraction of sp³-hybridized carbons (Fsp3) is 0.471. The molecule has 0 aromatic carbocycles. The average molecular weight is 313 g/mol. The van der Waals surface area contributed by atoms with Gasteiger partial charge in [0.2, 0.25) is 0 Å². The van der Waals surface area contributed by atoms with Crippen molar-refractivity contribution >= 4 is 6.03 Å². The number of carbonyl (C=O) groups excluding carboxylic acids is 1. The Morgan fingerprint density at radius 2 is 2.26 bits per heavy atom. The topological polar surface area (TPSA) is 63.1 Å². The summed E-state index contributed by atoms with van der Waals surface area (Å²) in [6.07, 6.45) is 7.70. The first-order valence-electron chi connectivity index (χ1n) is 8.11. The maximum absolute atomic E-state index is 12.3. The van der Waals surface area contributed by atoms with Gasteiger partial charge in [0.1, 0.15) is 11.6 Å². The minimum absolute atomic E-state index is 0.0220. The van der Waals surface area contributed by atoms with Crippen LogP contribution in [0.1, 0.15) is 31.2 Å². The van der Waals surface area contributed by atoms with Crippen LogP contribution in [-0.4, -0.2) is 38.6 Å². The lowest BCUT2D eigenvalue weighted by molar-refractivity contribution is 0.169. The van der Waals surface area contributed by atoms with Gasteiger partial charge in [-0.25, -0.2) is 14.8 Å². The largest absolute Gasteiger partial charge is 0.334 e. The molecule has 122 valence electrons. The lowest BCUT2D eigenvalue weighted by Crippen LogP contribution is -2.44. The summed E-state index contributed by atoms with van der Waals surface area (Å²) in [5.74, 6) is 2.30. The molecule has 0 aliphatic carbocycles. The van der Waals surface area contributed by atoms with E-state index in [1.54, 1.807) is 12.4 Å². The van der Waals surface area contributed by atoms with Crippen LogP contribution in [0.2, 0.25) is 0 Å². The molecule has 3 rings (SSSR count).